The minimum absolute atomic E-state index is 0.00419. The molecular formula is C9H16N4O2S. The molecule has 16 heavy (non-hydrogen) atoms. The molecular weight excluding hydrogens is 228 g/mol. The van der Waals surface area contributed by atoms with Gasteiger partial charge in [0.05, 0.1) is 5.75 Å². The smallest absolute Gasteiger partial charge is 0.313 e. The monoisotopic (exact) mass is 244 g/mol. The Kier molecular flexibility index (Phi) is 4.60. The minimum atomic E-state index is -0.850. The molecule has 0 aliphatic carbocycles. The third kappa shape index (κ3) is 2.88. The van der Waals surface area contributed by atoms with Gasteiger partial charge in [0.15, 0.2) is 5.16 Å². The van der Waals surface area contributed by atoms with E-state index in [1.54, 1.807) is 0 Å². The fourth-order valence-electron chi connectivity index (χ4n) is 1.34. The number of aromatic nitrogens is 3. The summed E-state index contributed by atoms with van der Waals surface area (Å²) in [5.74, 6) is -0.0696. The Morgan fingerprint density at radius 3 is 2.56 bits per heavy atom. The molecule has 1 N–H and O–H groups in total. The zero-order valence-corrected chi connectivity index (χ0v) is 10.5. The van der Waals surface area contributed by atoms with E-state index in [-0.39, 0.29) is 5.75 Å². The van der Waals surface area contributed by atoms with Crippen molar-refractivity contribution in [3.8, 4) is 0 Å². The summed E-state index contributed by atoms with van der Waals surface area (Å²) in [7, 11) is 1.85. The van der Waals surface area contributed by atoms with Gasteiger partial charge in [-0.3, -0.25) is 9.36 Å². The van der Waals surface area contributed by atoms with Crippen molar-refractivity contribution in [2.75, 3.05) is 23.7 Å². The molecule has 0 fully saturated rings. The summed E-state index contributed by atoms with van der Waals surface area (Å²) >= 11 is 1.18. The number of hydrogen-bond acceptors (Lipinski definition) is 5. The van der Waals surface area contributed by atoms with E-state index >= 15 is 0 Å². The second-order valence-electron chi connectivity index (χ2n) is 3.20. The predicted molar refractivity (Wildman–Crippen MR) is 62.9 cm³/mol. The Balaban J connectivity index is 2.79. The molecule has 0 aliphatic heterocycles. The van der Waals surface area contributed by atoms with E-state index in [1.165, 1.54) is 11.8 Å². The first kappa shape index (κ1) is 12.8. The van der Waals surface area contributed by atoms with Gasteiger partial charge in [-0.1, -0.05) is 11.8 Å². The molecule has 1 aromatic rings. The fraction of sp³-hybridized carbons (Fsp3) is 0.667. The summed E-state index contributed by atoms with van der Waals surface area (Å²) in [4.78, 5) is 12.5. The zero-order chi connectivity index (χ0) is 12.1. The Morgan fingerprint density at radius 2 is 2.06 bits per heavy atom. The highest BCUT2D eigenvalue weighted by atomic mass is 32.2. The minimum Gasteiger partial charge on any atom is -0.481 e. The van der Waals surface area contributed by atoms with Gasteiger partial charge < -0.3 is 10.0 Å². The molecule has 0 aromatic carbocycles. The highest BCUT2D eigenvalue weighted by molar-refractivity contribution is 7.99. The normalized spacial score (nSPS) is 10.4. The fourth-order valence-corrected chi connectivity index (χ4v) is 1.97. The highest BCUT2D eigenvalue weighted by Crippen LogP contribution is 2.19. The van der Waals surface area contributed by atoms with Crippen LogP contribution in [0.5, 0.6) is 0 Å². The average Bonchev–Trinajstić information content (AvgIpc) is 2.60. The van der Waals surface area contributed by atoms with Gasteiger partial charge in [0.2, 0.25) is 5.95 Å². The Morgan fingerprint density at radius 1 is 1.44 bits per heavy atom. The van der Waals surface area contributed by atoms with Gasteiger partial charge in [-0.15, -0.1) is 10.2 Å². The lowest BCUT2D eigenvalue weighted by Gasteiger charge is -2.18. The molecule has 0 aliphatic rings. The molecule has 1 heterocycles. The SMILES string of the molecule is CCN(CC)c1nnc(SCC(=O)O)n1C. The van der Waals surface area contributed by atoms with Gasteiger partial charge in [-0.05, 0) is 13.8 Å². The Hall–Kier alpha value is -1.24. The van der Waals surface area contributed by atoms with E-state index in [4.69, 9.17) is 5.11 Å². The van der Waals surface area contributed by atoms with Gasteiger partial charge in [0.1, 0.15) is 0 Å². The topological polar surface area (TPSA) is 71.2 Å². The van der Waals surface area contributed by atoms with Crippen molar-refractivity contribution >= 4 is 23.7 Å². The molecule has 0 saturated heterocycles. The number of aliphatic carboxylic acids is 1. The maximum atomic E-state index is 10.4. The van der Waals surface area contributed by atoms with Crippen LogP contribution < -0.4 is 4.90 Å². The van der Waals surface area contributed by atoms with E-state index in [0.29, 0.717) is 5.16 Å². The average molecular weight is 244 g/mol. The zero-order valence-electron chi connectivity index (χ0n) is 9.67. The summed E-state index contributed by atoms with van der Waals surface area (Å²) in [6.07, 6.45) is 0. The first-order valence-corrected chi connectivity index (χ1v) is 6.07. The molecule has 0 unspecified atom stereocenters. The molecule has 0 saturated carbocycles. The van der Waals surface area contributed by atoms with Crippen LogP contribution in [0.25, 0.3) is 0 Å². The number of hydrogen-bond donors (Lipinski definition) is 1. The van der Waals surface area contributed by atoms with Gasteiger partial charge >= 0.3 is 5.97 Å². The van der Waals surface area contributed by atoms with Crippen LogP contribution in [0.15, 0.2) is 5.16 Å². The molecule has 1 aromatic heterocycles. The molecule has 0 bridgehead atoms. The molecule has 7 heteroatoms. The lowest BCUT2D eigenvalue weighted by molar-refractivity contribution is -0.133. The first-order chi connectivity index (χ1) is 7.60. The van der Waals surface area contributed by atoms with Crippen molar-refractivity contribution in [3.05, 3.63) is 0 Å². The Bertz CT molecular complexity index is 362. The maximum Gasteiger partial charge on any atom is 0.313 e. The quantitative estimate of drug-likeness (QED) is 0.748. The van der Waals surface area contributed by atoms with Crippen molar-refractivity contribution in [3.63, 3.8) is 0 Å². The lowest BCUT2D eigenvalue weighted by atomic mass is 10.5. The number of anilines is 1. The third-order valence-corrected chi connectivity index (χ3v) is 3.19. The summed E-state index contributed by atoms with van der Waals surface area (Å²) in [5, 5.41) is 17.3. The van der Waals surface area contributed by atoms with Crippen molar-refractivity contribution in [2.24, 2.45) is 7.05 Å². The number of rotatable bonds is 6. The Labute approximate surface area is 98.7 Å². The highest BCUT2D eigenvalue weighted by Gasteiger charge is 2.14. The van der Waals surface area contributed by atoms with Gasteiger partial charge in [0, 0.05) is 20.1 Å². The second kappa shape index (κ2) is 5.74. The van der Waals surface area contributed by atoms with E-state index in [2.05, 4.69) is 15.1 Å². The number of carboxylic acid groups (broad SMARTS) is 1. The van der Waals surface area contributed by atoms with E-state index < -0.39 is 5.97 Å². The van der Waals surface area contributed by atoms with E-state index in [1.807, 2.05) is 25.5 Å². The van der Waals surface area contributed by atoms with Gasteiger partial charge in [-0.2, -0.15) is 0 Å². The summed E-state index contributed by atoms with van der Waals surface area (Å²) in [6.45, 7) is 5.79. The third-order valence-electron chi connectivity index (χ3n) is 2.18. The molecule has 6 nitrogen and oxygen atoms in total. The predicted octanol–water partition coefficient (Wildman–Crippen LogP) is 0.838. The molecule has 0 spiro atoms. The van der Waals surface area contributed by atoms with Gasteiger partial charge in [0.25, 0.3) is 0 Å². The van der Waals surface area contributed by atoms with Crippen molar-refractivity contribution in [2.45, 2.75) is 19.0 Å². The maximum absolute atomic E-state index is 10.4. The molecule has 0 amide bonds. The standard InChI is InChI=1S/C9H16N4O2S/c1-4-13(5-2)8-10-11-9(12(8)3)16-6-7(14)15/h4-6H2,1-3H3,(H,14,15). The second-order valence-corrected chi connectivity index (χ2v) is 4.14. The van der Waals surface area contributed by atoms with Gasteiger partial charge in [-0.25, -0.2) is 0 Å². The van der Waals surface area contributed by atoms with Crippen LogP contribution in [0.2, 0.25) is 0 Å². The lowest BCUT2D eigenvalue weighted by Crippen LogP contribution is -2.25. The van der Waals surface area contributed by atoms with Crippen LogP contribution in [-0.2, 0) is 11.8 Å². The van der Waals surface area contributed by atoms with Crippen molar-refractivity contribution in [1.82, 2.24) is 14.8 Å². The van der Waals surface area contributed by atoms with Crippen LogP contribution in [0.4, 0.5) is 5.95 Å². The number of carboxylic acids is 1. The summed E-state index contributed by atoms with van der Waals surface area (Å²) in [6, 6.07) is 0. The molecule has 0 atom stereocenters. The molecule has 90 valence electrons. The van der Waals surface area contributed by atoms with Crippen LogP contribution in [0, 0.1) is 0 Å². The first-order valence-electron chi connectivity index (χ1n) is 5.09. The van der Waals surface area contributed by atoms with Crippen LogP contribution >= 0.6 is 11.8 Å². The van der Waals surface area contributed by atoms with Crippen LogP contribution in [-0.4, -0.2) is 44.7 Å². The van der Waals surface area contributed by atoms with E-state index in [0.717, 1.165) is 19.0 Å². The molecule has 0 radical (unpaired) electrons. The van der Waals surface area contributed by atoms with Crippen LogP contribution in [0.3, 0.4) is 0 Å². The summed E-state index contributed by atoms with van der Waals surface area (Å²) in [5.41, 5.74) is 0. The number of thioether (sulfide) groups is 1. The number of carbonyl (C=O) groups is 1. The van der Waals surface area contributed by atoms with Crippen molar-refractivity contribution in [1.29, 1.82) is 0 Å². The van der Waals surface area contributed by atoms with E-state index in [9.17, 15) is 4.79 Å². The van der Waals surface area contributed by atoms with Crippen LogP contribution in [0.1, 0.15) is 13.8 Å². The largest absolute Gasteiger partial charge is 0.481 e. The summed E-state index contributed by atoms with van der Waals surface area (Å²) < 4.78 is 1.82. The number of nitrogens with zero attached hydrogens (tertiary/aromatic N) is 4. The molecule has 1 rings (SSSR count). The van der Waals surface area contributed by atoms with Crippen molar-refractivity contribution < 1.29 is 9.90 Å².